The molecular weight excluding hydrogens is 392 g/mol. The van der Waals surface area contributed by atoms with Crippen LogP contribution in [0.5, 0.6) is 5.75 Å². The zero-order valence-corrected chi connectivity index (χ0v) is 18.7. The second-order valence-electron chi connectivity index (χ2n) is 7.68. The van der Waals surface area contributed by atoms with E-state index in [1.54, 1.807) is 7.11 Å². The number of methoxy groups -OCH3 is 1. The van der Waals surface area contributed by atoms with Crippen molar-refractivity contribution in [3.8, 4) is 11.4 Å². The quantitative estimate of drug-likeness (QED) is 0.576. The molecule has 1 fully saturated rings. The van der Waals surface area contributed by atoms with Gasteiger partial charge in [0.2, 0.25) is 0 Å². The van der Waals surface area contributed by atoms with Gasteiger partial charge in [-0.2, -0.15) is 0 Å². The van der Waals surface area contributed by atoms with E-state index in [1.165, 1.54) is 17.0 Å². The maximum Gasteiger partial charge on any atom is 0.170 e. The van der Waals surface area contributed by atoms with Gasteiger partial charge >= 0.3 is 0 Å². The zero-order chi connectivity index (χ0) is 21.3. The molecule has 0 radical (unpaired) electrons. The van der Waals surface area contributed by atoms with E-state index >= 15 is 0 Å². The summed E-state index contributed by atoms with van der Waals surface area (Å²) in [4.78, 5) is 6.95. The van der Waals surface area contributed by atoms with E-state index in [0.29, 0.717) is 0 Å². The van der Waals surface area contributed by atoms with Gasteiger partial charge in [0.1, 0.15) is 5.75 Å². The van der Waals surface area contributed by atoms with Crippen LogP contribution in [0.15, 0.2) is 54.7 Å². The molecule has 3 heterocycles. The molecule has 0 saturated carbocycles. The normalized spacial score (nSPS) is 18.5. The monoisotopic (exact) mass is 420 g/mol. The highest BCUT2D eigenvalue weighted by atomic mass is 32.1. The van der Waals surface area contributed by atoms with Gasteiger partial charge in [-0.05, 0) is 80.5 Å². The number of pyridine rings is 1. The van der Waals surface area contributed by atoms with Crippen molar-refractivity contribution < 1.29 is 4.74 Å². The number of thiocarbonyl (C=S) groups is 1. The fourth-order valence-corrected chi connectivity index (χ4v) is 4.77. The van der Waals surface area contributed by atoms with E-state index in [9.17, 15) is 0 Å². The lowest BCUT2D eigenvalue weighted by atomic mass is 9.96. The van der Waals surface area contributed by atoms with Crippen molar-refractivity contribution in [3.63, 3.8) is 0 Å². The van der Waals surface area contributed by atoms with Gasteiger partial charge in [-0.1, -0.05) is 13.0 Å². The molecule has 1 N–H and O–H groups in total. The van der Waals surface area contributed by atoms with E-state index in [2.05, 4.69) is 64.8 Å². The number of ether oxygens (including phenoxy) is 1. The highest BCUT2D eigenvalue weighted by Gasteiger charge is 2.40. The Morgan fingerprint density at radius 1 is 1.13 bits per heavy atom. The lowest BCUT2D eigenvalue weighted by Gasteiger charge is -2.27. The van der Waals surface area contributed by atoms with Crippen LogP contribution in [-0.4, -0.2) is 33.2 Å². The standard InChI is InChI=1S/C24H28N4OS/c1-5-14-27-23(22(26-24(27)30)21-8-6-7-13-25-21)20-15-16(2)28(17(20)3)18-9-11-19(29-4)12-10-18/h6-13,15,22-23H,5,14H2,1-4H3,(H,26,30)/t22-,23-/m0/s1. The third kappa shape index (κ3) is 3.56. The van der Waals surface area contributed by atoms with Gasteiger partial charge in [0.05, 0.1) is 24.9 Å². The average Bonchev–Trinajstić information content (AvgIpc) is 3.24. The molecule has 5 nitrogen and oxygen atoms in total. The molecule has 2 atom stereocenters. The minimum atomic E-state index is 0.0232. The molecular formula is C24H28N4OS. The molecule has 4 rings (SSSR count). The molecule has 1 aromatic carbocycles. The number of nitrogens with zero attached hydrogens (tertiary/aromatic N) is 3. The Balaban J connectivity index is 1.80. The molecule has 1 aliphatic rings. The summed E-state index contributed by atoms with van der Waals surface area (Å²) in [6.45, 7) is 7.44. The second-order valence-corrected chi connectivity index (χ2v) is 8.07. The summed E-state index contributed by atoms with van der Waals surface area (Å²) >= 11 is 5.73. The van der Waals surface area contributed by atoms with E-state index < -0.39 is 0 Å². The Morgan fingerprint density at radius 2 is 1.90 bits per heavy atom. The highest BCUT2D eigenvalue weighted by Crippen LogP contribution is 2.41. The first-order valence-electron chi connectivity index (χ1n) is 10.4. The van der Waals surface area contributed by atoms with Gasteiger partial charge in [-0.15, -0.1) is 0 Å². The van der Waals surface area contributed by atoms with Crippen LogP contribution in [0.2, 0.25) is 0 Å². The van der Waals surface area contributed by atoms with Crippen LogP contribution < -0.4 is 10.1 Å². The third-order valence-corrected chi connectivity index (χ3v) is 6.13. The highest BCUT2D eigenvalue weighted by molar-refractivity contribution is 7.80. The van der Waals surface area contributed by atoms with Gasteiger partial charge in [0.25, 0.3) is 0 Å². The Kier molecular flexibility index (Phi) is 5.77. The summed E-state index contributed by atoms with van der Waals surface area (Å²) < 4.78 is 7.62. The number of hydrogen-bond donors (Lipinski definition) is 1. The van der Waals surface area contributed by atoms with Crippen molar-refractivity contribution in [2.45, 2.75) is 39.3 Å². The molecule has 2 aromatic heterocycles. The number of hydrogen-bond acceptors (Lipinski definition) is 3. The van der Waals surface area contributed by atoms with Gasteiger partial charge in [-0.25, -0.2) is 0 Å². The van der Waals surface area contributed by atoms with Crippen molar-refractivity contribution in [2.24, 2.45) is 0 Å². The molecule has 30 heavy (non-hydrogen) atoms. The van der Waals surface area contributed by atoms with E-state index in [-0.39, 0.29) is 12.1 Å². The van der Waals surface area contributed by atoms with Crippen LogP contribution in [0.3, 0.4) is 0 Å². The van der Waals surface area contributed by atoms with Crippen LogP contribution in [0.25, 0.3) is 5.69 Å². The molecule has 1 saturated heterocycles. The lowest BCUT2D eigenvalue weighted by molar-refractivity contribution is 0.316. The predicted molar refractivity (Wildman–Crippen MR) is 124 cm³/mol. The Labute approximate surface area is 183 Å². The molecule has 1 aliphatic heterocycles. The average molecular weight is 421 g/mol. The van der Waals surface area contributed by atoms with Crippen molar-refractivity contribution in [2.75, 3.05) is 13.7 Å². The molecule has 6 heteroatoms. The number of aryl methyl sites for hydroxylation is 1. The smallest absolute Gasteiger partial charge is 0.170 e. The van der Waals surface area contributed by atoms with Crippen LogP contribution in [0.4, 0.5) is 0 Å². The van der Waals surface area contributed by atoms with Crippen molar-refractivity contribution in [1.29, 1.82) is 0 Å². The minimum absolute atomic E-state index is 0.0232. The Morgan fingerprint density at radius 3 is 2.53 bits per heavy atom. The maximum atomic E-state index is 5.73. The molecule has 0 bridgehead atoms. The number of nitrogens with one attached hydrogen (secondary N) is 1. The third-order valence-electron chi connectivity index (χ3n) is 5.78. The van der Waals surface area contributed by atoms with Gasteiger partial charge < -0.3 is 19.5 Å². The van der Waals surface area contributed by atoms with E-state index in [1.807, 2.05) is 30.5 Å². The Bertz CT molecular complexity index is 1030. The maximum absolute atomic E-state index is 5.73. The number of rotatable bonds is 6. The molecule has 3 aromatic rings. The summed E-state index contributed by atoms with van der Waals surface area (Å²) in [7, 11) is 1.69. The first-order valence-corrected chi connectivity index (χ1v) is 10.8. The summed E-state index contributed by atoms with van der Waals surface area (Å²) in [5.74, 6) is 0.858. The first kappa shape index (κ1) is 20.4. The fourth-order valence-electron chi connectivity index (χ4n) is 4.44. The van der Waals surface area contributed by atoms with E-state index in [0.717, 1.165) is 35.2 Å². The molecule has 0 unspecified atom stereocenters. The molecule has 0 amide bonds. The number of aromatic nitrogens is 2. The molecule has 0 aliphatic carbocycles. The second kappa shape index (κ2) is 8.48. The first-order chi connectivity index (χ1) is 14.5. The summed E-state index contributed by atoms with van der Waals surface area (Å²) in [6, 6.07) is 16.7. The summed E-state index contributed by atoms with van der Waals surface area (Å²) in [6.07, 6.45) is 2.88. The SMILES string of the molecule is CCCN1C(=S)N[C@@H](c2ccccn2)[C@@H]1c1cc(C)n(-c2ccc(OC)cc2)c1C. The minimum Gasteiger partial charge on any atom is -0.497 e. The largest absolute Gasteiger partial charge is 0.497 e. The summed E-state index contributed by atoms with van der Waals surface area (Å²) in [5.41, 5.74) is 5.83. The van der Waals surface area contributed by atoms with E-state index in [4.69, 9.17) is 17.0 Å². The van der Waals surface area contributed by atoms with Crippen molar-refractivity contribution in [1.82, 2.24) is 19.8 Å². The van der Waals surface area contributed by atoms with Crippen LogP contribution in [0.1, 0.15) is 48.1 Å². The summed E-state index contributed by atoms with van der Waals surface area (Å²) in [5, 5.41) is 4.33. The van der Waals surface area contributed by atoms with Gasteiger partial charge in [0.15, 0.2) is 5.11 Å². The molecule has 156 valence electrons. The van der Waals surface area contributed by atoms with Crippen LogP contribution >= 0.6 is 12.2 Å². The fraction of sp³-hybridized carbons (Fsp3) is 0.333. The van der Waals surface area contributed by atoms with Crippen molar-refractivity contribution >= 4 is 17.3 Å². The zero-order valence-electron chi connectivity index (χ0n) is 17.9. The van der Waals surface area contributed by atoms with Crippen LogP contribution in [-0.2, 0) is 0 Å². The molecule has 0 spiro atoms. The van der Waals surface area contributed by atoms with Crippen LogP contribution in [0, 0.1) is 13.8 Å². The predicted octanol–water partition coefficient (Wildman–Crippen LogP) is 4.88. The number of benzene rings is 1. The van der Waals surface area contributed by atoms with Gasteiger partial charge in [0, 0.05) is 29.8 Å². The topological polar surface area (TPSA) is 42.3 Å². The van der Waals surface area contributed by atoms with Crippen molar-refractivity contribution in [3.05, 3.63) is 77.4 Å². The van der Waals surface area contributed by atoms with Gasteiger partial charge in [-0.3, -0.25) is 4.98 Å². The lowest BCUT2D eigenvalue weighted by Crippen LogP contribution is -2.30. The Hall–Kier alpha value is -2.86.